The minimum Gasteiger partial charge on any atom is -0.389 e. The van der Waals surface area contributed by atoms with Gasteiger partial charge in [0.2, 0.25) is 5.91 Å². The van der Waals surface area contributed by atoms with E-state index in [0.29, 0.717) is 0 Å². The van der Waals surface area contributed by atoms with Gasteiger partial charge in [-0.05, 0) is 31.2 Å². The zero-order valence-corrected chi connectivity index (χ0v) is 11.6. The molecule has 0 radical (unpaired) electrons. The fourth-order valence-electron chi connectivity index (χ4n) is 2.62. The van der Waals surface area contributed by atoms with Crippen LogP contribution in [0.15, 0.2) is 17.5 Å². The largest absolute Gasteiger partial charge is 0.389 e. The van der Waals surface area contributed by atoms with E-state index < -0.39 is 5.60 Å². The Hall–Kier alpha value is -0.870. The summed E-state index contributed by atoms with van der Waals surface area (Å²) >= 11 is 1.71. The van der Waals surface area contributed by atoms with Gasteiger partial charge < -0.3 is 10.4 Å². The van der Waals surface area contributed by atoms with E-state index in [1.165, 1.54) is 4.88 Å². The van der Waals surface area contributed by atoms with E-state index >= 15 is 0 Å². The molecule has 1 unspecified atom stereocenters. The van der Waals surface area contributed by atoms with Crippen molar-refractivity contribution in [3.05, 3.63) is 22.4 Å². The topological polar surface area (TPSA) is 49.3 Å². The number of thiophene rings is 1. The lowest BCUT2D eigenvalue weighted by Crippen LogP contribution is -2.39. The number of hydrogen-bond donors (Lipinski definition) is 2. The van der Waals surface area contributed by atoms with E-state index in [2.05, 4.69) is 11.4 Å². The molecule has 1 amide bonds. The minimum absolute atomic E-state index is 0.0246. The fourth-order valence-corrected chi connectivity index (χ4v) is 3.45. The monoisotopic (exact) mass is 267 g/mol. The first-order valence-electron chi connectivity index (χ1n) is 6.61. The number of aliphatic hydroxyl groups is 1. The quantitative estimate of drug-likeness (QED) is 0.861. The number of hydrogen-bond acceptors (Lipinski definition) is 3. The summed E-state index contributed by atoms with van der Waals surface area (Å²) in [6.45, 7) is 2.01. The van der Waals surface area contributed by atoms with E-state index in [0.717, 1.165) is 32.1 Å². The van der Waals surface area contributed by atoms with E-state index in [9.17, 15) is 9.90 Å². The maximum atomic E-state index is 11.9. The molecule has 1 aliphatic rings. The lowest BCUT2D eigenvalue weighted by atomic mass is 9.97. The SMILES string of the molecule is CC(Cc1cccs1)NC(=O)CC1(O)CCCC1. The van der Waals surface area contributed by atoms with Crippen LogP contribution in [0.25, 0.3) is 0 Å². The van der Waals surface area contributed by atoms with E-state index in [1.807, 2.05) is 18.4 Å². The van der Waals surface area contributed by atoms with E-state index in [4.69, 9.17) is 0 Å². The van der Waals surface area contributed by atoms with Crippen molar-refractivity contribution >= 4 is 17.2 Å². The standard InChI is InChI=1S/C14H21NO2S/c1-11(9-12-5-4-8-18-12)15-13(16)10-14(17)6-2-3-7-14/h4-5,8,11,17H,2-3,6-7,9-10H2,1H3,(H,15,16). The zero-order chi connectivity index (χ0) is 13.0. The maximum Gasteiger partial charge on any atom is 0.223 e. The van der Waals surface area contributed by atoms with Crippen molar-refractivity contribution in [2.45, 2.75) is 57.1 Å². The van der Waals surface area contributed by atoms with Crippen molar-refractivity contribution in [3.8, 4) is 0 Å². The third-order valence-corrected chi connectivity index (χ3v) is 4.42. The average Bonchev–Trinajstić information content (AvgIpc) is 2.89. The number of nitrogens with one attached hydrogen (secondary N) is 1. The van der Waals surface area contributed by atoms with E-state index in [1.54, 1.807) is 11.3 Å². The summed E-state index contributed by atoms with van der Waals surface area (Å²) in [6, 6.07) is 4.23. The van der Waals surface area contributed by atoms with Crippen LogP contribution in [0, 0.1) is 0 Å². The van der Waals surface area contributed by atoms with Crippen LogP contribution in [-0.2, 0) is 11.2 Å². The molecule has 100 valence electrons. The van der Waals surface area contributed by atoms with Gasteiger partial charge in [-0.15, -0.1) is 11.3 Å². The third kappa shape index (κ3) is 3.82. The second-order valence-corrected chi connectivity index (χ2v) is 6.39. The van der Waals surface area contributed by atoms with Crippen molar-refractivity contribution in [1.29, 1.82) is 0 Å². The maximum absolute atomic E-state index is 11.9. The van der Waals surface area contributed by atoms with Crippen molar-refractivity contribution in [2.24, 2.45) is 0 Å². The molecule has 0 spiro atoms. The van der Waals surface area contributed by atoms with Crippen LogP contribution >= 0.6 is 11.3 Å². The summed E-state index contributed by atoms with van der Waals surface area (Å²) in [4.78, 5) is 13.2. The molecule has 1 atom stereocenters. The van der Waals surface area contributed by atoms with Crippen LogP contribution < -0.4 is 5.32 Å². The van der Waals surface area contributed by atoms with E-state index in [-0.39, 0.29) is 18.4 Å². The number of carbonyl (C=O) groups excluding carboxylic acids is 1. The molecular weight excluding hydrogens is 246 g/mol. The highest BCUT2D eigenvalue weighted by molar-refractivity contribution is 7.09. The van der Waals surface area contributed by atoms with Crippen molar-refractivity contribution in [1.82, 2.24) is 5.32 Å². The van der Waals surface area contributed by atoms with Crippen LogP contribution in [-0.4, -0.2) is 22.7 Å². The Kier molecular flexibility index (Phi) is 4.40. The molecule has 2 N–H and O–H groups in total. The summed E-state index contributed by atoms with van der Waals surface area (Å²) in [5, 5.41) is 15.2. The fraction of sp³-hybridized carbons (Fsp3) is 0.643. The smallest absolute Gasteiger partial charge is 0.223 e. The summed E-state index contributed by atoms with van der Waals surface area (Å²) in [7, 11) is 0. The van der Waals surface area contributed by atoms with Gasteiger partial charge in [-0.1, -0.05) is 18.9 Å². The summed E-state index contributed by atoms with van der Waals surface area (Å²) in [6.07, 6.45) is 4.71. The first-order valence-corrected chi connectivity index (χ1v) is 7.49. The third-order valence-electron chi connectivity index (χ3n) is 3.52. The Morgan fingerprint density at radius 1 is 1.56 bits per heavy atom. The van der Waals surface area contributed by atoms with Crippen molar-refractivity contribution in [3.63, 3.8) is 0 Å². The molecule has 1 aromatic rings. The molecular formula is C14H21NO2S. The second kappa shape index (κ2) is 5.85. The van der Waals surface area contributed by atoms with Gasteiger partial charge in [0.15, 0.2) is 0 Å². The molecule has 2 rings (SSSR count). The first kappa shape index (κ1) is 13.6. The summed E-state index contributed by atoms with van der Waals surface area (Å²) < 4.78 is 0. The molecule has 4 heteroatoms. The highest BCUT2D eigenvalue weighted by Gasteiger charge is 2.33. The summed E-state index contributed by atoms with van der Waals surface area (Å²) in [5.41, 5.74) is -0.743. The highest BCUT2D eigenvalue weighted by Crippen LogP contribution is 2.32. The van der Waals surface area contributed by atoms with Gasteiger partial charge >= 0.3 is 0 Å². The van der Waals surface area contributed by atoms with Gasteiger partial charge in [0, 0.05) is 17.3 Å². The van der Waals surface area contributed by atoms with Crippen LogP contribution in [0.3, 0.4) is 0 Å². The Balaban J connectivity index is 1.76. The van der Waals surface area contributed by atoms with Crippen LogP contribution in [0.2, 0.25) is 0 Å². The lowest BCUT2D eigenvalue weighted by Gasteiger charge is -2.22. The molecule has 0 aliphatic heterocycles. The van der Waals surface area contributed by atoms with Gasteiger partial charge in [-0.25, -0.2) is 0 Å². The molecule has 1 aliphatic carbocycles. The predicted molar refractivity (Wildman–Crippen MR) is 73.7 cm³/mol. The predicted octanol–water partition coefficient (Wildman–Crippen LogP) is 2.49. The molecule has 0 aromatic carbocycles. The Labute approximate surface area is 112 Å². The van der Waals surface area contributed by atoms with Gasteiger partial charge in [-0.2, -0.15) is 0 Å². The van der Waals surface area contributed by atoms with Crippen molar-refractivity contribution < 1.29 is 9.90 Å². The molecule has 1 aromatic heterocycles. The van der Waals surface area contributed by atoms with Crippen molar-refractivity contribution in [2.75, 3.05) is 0 Å². The first-order chi connectivity index (χ1) is 8.57. The minimum atomic E-state index is -0.743. The Morgan fingerprint density at radius 2 is 2.28 bits per heavy atom. The summed E-state index contributed by atoms with van der Waals surface area (Å²) in [5.74, 6) is -0.0246. The van der Waals surface area contributed by atoms with Crippen LogP contribution in [0.5, 0.6) is 0 Å². The second-order valence-electron chi connectivity index (χ2n) is 5.36. The Morgan fingerprint density at radius 3 is 2.89 bits per heavy atom. The molecule has 0 bridgehead atoms. The average molecular weight is 267 g/mol. The van der Waals surface area contributed by atoms with Gasteiger partial charge in [-0.3, -0.25) is 4.79 Å². The van der Waals surface area contributed by atoms with Crippen LogP contribution in [0.1, 0.15) is 43.9 Å². The lowest BCUT2D eigenvalue weighted by molar-refractivity contribution is -0.126. The van der Waals surface area contributed by atoms with Gasteiger partial charge in [0.1, 0.15) is 0 Å². The normalized spacial score (nSPS) is 19.7. The number of rotatable bonds is 5. The molecule has 0 saturated heterocycles. The van der Waals surface area contributed by atoms with Gasteiger partial charge in [0.25, 0.3) is 0 Å². The molecule has 1 heterocycles. The highest BCUT2D eigenvalue weighted by atomic mass is 32.1. The zero-order valence-electron chi connectivity index (χ0n) is 10.8. The Bertz CT molecular complexity index is 383. The molecule has 1 saturated carbocycles. The molecule has 1 fully saturated rings. The number of carbonyl (C=O) groups is 1. The number of amides is 1. The molecule has 3 nitrogen and oxygen atoms in total. The van der Waals surface area contributed by atoms with Crippen LogP contribution in [0.4, 0.5) is 0 Å². The molecule has 18 heavy (non-hydrogen) atoms. The van der Waals surface area contributed by atoms with Gasteiger partial charge in [0.05, 0.1) is 12.0 Å².